The first kappa shape index (κ1) is 29.2. The Balaban J connectivity index is -0.000000145. The van der Waals surface area contributed by atoms with E-state index >= 15 is 0 Å². The van der Waals surface area contributed by atoms with Crippen molar-refractivity contribution in [1.82, 2.24) is 0 Å². The molecule has 0 aliphatic carbocycles. The summed E-state index contributed by atoms with van der Waals surface area (Å²) < 4.78 is 0. The van der Waals surface area contributed by atoms with Gasteiger partial charge in [0.05, 0.1) is 0 Å². The van der Waals surface area contributed by atoms with Gasteiger partial charge in [-0.2, -0.15) is 69.3 Å². The summed E-state index contributed by atoms with van der Waals surface area (Å²) in [6.45, 7) is 6.25. The van der Waals surface area contributed by atoms with E-state index in [0.29, 0.717) is 0 Å². The van der Waals surface area contributed by atoms with E-state index in [1.807, 2.05) is 48.5 Å². The fourth-order valence-corrected chi connectivity index (χ4v) is 1.12. The zero-order valence-electron chi connectivity index (χ0n) is 11.8. The van der Waals surface area contributed by atoms with Gasteiger partial charge >= 0.3 is 0 Å². The second kappa shape index (κ2) is 18.2. The Morgan fingerprint density at radius 2 is 0.950 bits per heavy atom. The third-order valence-corrected chi connectivity index (χ3v) is 1.71. The van der Waals surface area contributed by atoms with Crippen LogP contribution in [0, 0.1) is 18.1 Å². The Bertz CT molecular complexity index is 347. The molecule has 0 saturated heterocycles. The first-order valence-electron chi connectivity index (χ1n) is 5.40. The summed E-state index contributed by atoms with van der Waals surface area (Å²) in [5.74, 6) is 1.42. The van der Waals surface area contributed by atoms with E-state index in [1.165, 1.54) is 5.92 Å². The van der Waals surface area contributed by atoms with Gasteiger partial charge in [0.2, 0.25) is 0 Å². The maximum Gasteiger partial charge on any atom is 0 e. The summed E-state index contributed by atoms with van der Waals surface area (Å²) in [6.07, 6.45) is 0. The molecule has 2 rings (SSSR count). The molecule has 0 amide bonds. The largest absolute Gasteiger partial charge is 0.323 e. The van der Waals surface area contributed by atoms with Gasteiger partial charge in [-0.05, 0) is 0 Å². The fourth-order valence-electron chi connectivity index (χ4n) is 1.12. The van der Waals surface area contributed by atoms with Crippen molar-refractivity contribution in [3.05, 3.63) is 66.6 Å². The topological polar surface area (TPSA) is 0 Å². The van der Waals surface area contributed by atoms with Crippen LogP contribution in [0.3, 0.4) is 0 Å². The molecule has 0 heterocycles. The standard InChI is InChI=1S/C12H8.C4H9.4W/c1-3-7-11(8-4-1)12-9-5-2-6-10-12;1-4(2)3;;;;/h1-7,9H;1-3H3;;;;/q-2;-1;;;;. The molecule has 0 bridgehead atoms. The second-order valence-electron chi connectivity index (χ2n) is 4.05. The molecule has 0 aliphatic rings. The average Bonchev–Trinajstić information content (AvgIpc) is 2.31. The van der Waals surface area contributed by atoms with Crippen LogP contribution in [0.1, 0.15) is 20.8 Å². The summed E-state index contributed by atoms with van der Waals surface area (Å²) in [5, 5.41) is 0. The molecule has 0 spiro atoms. The van der Waals surface area contributed by atoms with E-state index < -0.39 is 0 Å². The van der Waals surface area contributed by atoms with Crippen molar-refractivity contribution in [2.24, 2.45) is 0 Å². The van der Waals surface area contributed by atoms with Crippen molar-refractivity contribution in [2.45, 2.75) is 20.8 Å². The van der Waals surface area contributed by atoms with Crippen molar-refractivity contribution in [1.29, 1.82) is 0 Å². The van der Waals surface area contributed by atoms with Crippen LogP contribution in [0.5, 0.6) is 0 Å². The molecule has 20 heavy (non-hydrogen) atoms. The van der Waals surface area contributed by atoms with Crippen LogP contribution >= 0.6 is 0 Å². The molecular formula is C16H17W4-3. The predicted octanol–water partition coefficient (Wildman–Crippen LogP) is 4.56. The molecule has 4 heteroatoms. The minimum atomic E-state index is 0. The van der Waals surface area contributed by atoms with E-state index in [-0.39, 0.29) is 84.3 Å². The third-order valence-electron chi connectivity index (χ3n) is 1.71. The van der Waals surface area contributed by atoms with E-state index in [1.54, 1.807) is 0 Å². The van der Waals surface area contributed by atoms with Crippen LogP contribution < -0.4 is 0 Å². The molecule has 0 atom stereocenters. The summed E-state index contributed by atoms with van der Waals surface area (Å²) in [6, 6.07) is 22.1. The molecule has 0 nitrogen and oxygen atoms in total. The molecule has 0 unspecified atom stereocenters. The number of benzene rings is 2. The van der Waals surface area contributed by atoms with Gasteiger partial charge in [-0.25, -0.2) is 11.1 Å². The van der Waals surface area contributed by atoms with E-state index in [0.717, 1.165) is 11.1 Å². The average molecular weight is 945 g/mol. The van der Waals surface area contributed by atoms with Gasteiger partial charge in [-0.3, -0.25) is 0 Å². The maximum absolute atomic E-state index is 3.15. The van der Waals surface area contributed by atoms with Gasteiger partial charge in [-0.1, -0.05) is 0 Å². The van der Waals surface area contributed by atoms with E-state index in [2.05, 4.69) is 32.9 Å². The van der Waals surface area contributed by atoms with Gasteiger partial charge in [-0.15, -0.1) is 12.1 Å². The SMILES string of the molecule is C[C-](C)C.[W].[W].[W].[W].[c-]1ccccc1-c1[c-]cccc1. The number of rotatable bonds is 1. The zero-order valence-corrected chi connectivity index (χ0v) is 23.5. The van der Waals surface area contributed by atoms with E-state index in [9.17, 15) is 0 Å². The quantitative estimate of drug-likeness (QED) is 0.369. The maximum atomic E-state index is 3.15. The minimum absolute atomic E-state index is 0. The van der Waals surface area contributed by atoms with Crippen LogP contribution in [0.4, 0.5) is 0 Å². The Hall–Kier alpha value is 1.19. The van der Waals surface area contributed by atoms with Gasteiger partial charge in [0.15, 0.2) is 0 Å². The van der Waals surface area contributed by atoms with Crippen molar-refractivity contribution in [3.63, 3.8) is 0 Å². The van der Waals surface area contributed by atoms with Gasteiger partial charge in [0.1, 0.15) is 0 Å². The molecule has 0 aliphatic heterocycles. The van der Waals surface area contributed by atoms with Crippen molar-refractivity contribution in [3.8, 4) is 11.1 Å². The molecular weight excluding hydrogens is 928 g/mol. The van der Waals surface area contributed by atoms with Crippen LogP contribution in [0.2, 0.25) is 0 Å². The third kappa shape index (κ3) is 14.1. The molecule has 0 N–H and O–H groups in total. The summed E-state index contributed by atoms with van der Waals surface area (Å²) in [7, 11) is 0. The van der Waals surface area contributed by atoms with Crippen LogP contribution in [0.25, 0.3) is 11.1 Å². The minimum Gasteiger partial charge on any atom is -0.323 e. The second-order valence-corrected chi connectivity index (χ2v) is 4.05. The molecule has 0 fully saturated rings. The Morgan fingerprint density at radius 1 is 0.650 bits per heavy atom. The first-order valence-corrected chi connectivity index (χ1v) is 5.40. The van der Waals surface area contributed by atoms with Crippen molar-refractivity contribution >= 4 is 0 Å². The Kier molecular flexibility index (Phi) is 26.7. The fraction of sp³-hybridized carbons (Fsp3) is 0.188. The monoisotopic (exact) mass is 945 g/mol. The molecule has 0 aromatic heterocycles. The Labute approximate surface area is 181 Å². The van der Waals surface area contributed by atoms with E-state index in [4.69, 9.17) is 0 Å². The number of hydrogen-bond donors (Lipinski definition) is 0. The van der Waals surface area contributed by atoms with Crippen LogP contribution in [-0.4, -0.2) is 0 Å². The number of hydrogen-bond acceptors (Lipinski definition) is 0. The molecule has 2 aromatic rings. The summed E-state index contributed by atoms with van der Waals surface area (Å²) >= 11 is 0. The molecule has 0 saturated carbocycles. The van der Waals surface area contributed by atoms with Gasteiger partial charge in [0, 0.05) is 84.3 Å². The normalized spacial score (nSPS) is 7.60. The van der Waals surface area contributed by atoms with Crippen LogP contribution in [-0.2, 0) is 84.3 Å². The summed E-state index contributed by atoms with van der Waals surface area (Å²) in [5.41, 5.74) is 2.19. The van der Waals surface area contributed by atoms with Crippen LogP contribution in [0.15, 0.2) is 48.5 Å². The zero-order chi connectivity index (χ0) is 11.8. The molecule has 0 radical (unpaired) electrons. The summed E-state index contributed by atoms with van der Waals surface area (Å²) in [4.78, 5) is 0. The molecule has 108 valence electrons. The molecule has 2 aromatic carbocycles. The first-order chi connectivity index (χ1) is 7.70. The van der Waals surface area contributed by atoms with Gasteiger partial charge < -0.3 is 5.92 Å². The Morgan fingerprint density at radius 3 is 1.15 bits per heavy atom. The van der Waals surface area contributed by atoms with Gasteiger partial charge in [0.25, 0.3) is 0 Å². The van der Waals surface area contributed by atoms with Crippen molar-refractivity contribution in [2.75, 3.05) is 0 Å². The predicted molar refractivity (Wildman–Crippen MR) is 69.8 cm³/mol. The van der Waals surface area contributed by atoms with Crippen molar-refractivity contribution < 1.29 is 84.3 Å². The smallest absolute Gasteiger partial charge is 0 e.